The Kier molecular flexibility index (Phi) is 4.51. The summed E-state index contributed by atoms with van der Waals surface area (Å²) in [4.78, 5) is 10.9. The molecule has 0 fully saturated rings. The molecule has 0 spiro atoms. The number of aryl methyl sites for hydroxylation is 3. The highest BCUT2D eigenvalue weighted by atomic mass is 16.6. The van der Waals surface area contributed by atoms with Crippen LogP contribution in [-0.4, -0.2) is 29.5 Å². The van der Waals surface area contributed by atoms with Gasteiger partial charge in [0.15, 0.2) is 5.82 Å². The van der Waals surface area contributed by atoms with Crippen LogP contribution < -0.4 is 5.32 Å². The van der Waals surface area contributed by atoms with Gasteiger partial charge in [-0.25, -0.2) is 4.68 Å². The molecule has 2 aromatic rings. The molecule has 0 saturated heterocycles. The SMILES string of the molecule is CCCc1nn(C)c(NCc2nncn2CC)c1[N+](=O)[O-]. The molecule has 1 N–H and O–H groups in total. The summed E-state index contributed by atoms with van der Waals surface area (Å²) in [5.74, 6) is 1.12. The van der Waals surface area contributed by atoms with Crippen LogP contribution in [0.5, 0.6) is 0 Å². The lowest BCUT2D eigenvalue weighted by Gasteiger charge is -2.06. The van der Waals surface area contributed by atoms with E-state index in [2.05, 4.69) is 20.6 Å². The number of nitrogens with zero attached hydrogens (tertiary/aromatic N) is 6. The van der Waals surface area contributed by atoms with Crippen LogP contribution in [0.15, 0.2) is 6.33 Å². The average molecular weight is 293 g/mol. The summed E-state index contributed by atoms with van der Waals surface area (Å²) in [6, 6.07) is 0. The lowest BCUT2D eigenvalue weighted by molar-refractivity contribution is -0.384. The molecule has 0 bridgehead atoms. The first-order valence-electron chi connectivity index (χ1n) is 6.89. The maximum absolute atomic E-state index is 11.3. The number of nitrogens with one attached hydrogen (secondary N) is 1. The van der Waals surface area contributed by atoms with Crippen molar-refractivity contribution in [1.82, 2.24) is 24.5 Å². The monoisotopic (exact) mass is 293 g/mol. The van der Waals surface area contributed by atoms with Crippen LogP contribution in [0.25, 0.3) is 0 Å². The fraction of sp³-hybridized carbons (Fsp3) is 0.583. The molecule has 2 rings (SSSR count). The smallest absolute Gasteiger partial charge is 0.334 e. The van der Waals surface area contributed by atoms with E-state index in [1.165, 1.54) is 4.68 Å². The molecule has 2 aromatic heterocycles. The normalized spacial score (nSPS) is 10.8. The summed E-state index contributed by atoms with van der Waals surface area (Å²) >= 11 is 0. The number of anilines is 1. The first-order valence-corrected chi connectivity index (χ1v) is 6.89. The first kappa shape index (κ1) is 14.9. The Morgan fingerprint density at radius 3 is 2.81 bits per heavy atom. The predicted molar refractivity (Wildman–Crippen MR) is 76.9 cm³/mol. The van der Waals surface area contributed by atoms with Crippen LogP contribution in [-0.2, 0) is 26.6 Å². The van der Waals surface area contributed by atoms with Crippen LogP contribution in [0, 0.1) is 10.1 Å². The highest BCUT2D eigenvalue weighted by Gasteiger charge is 2.26. The van der Waals surface area contributed by atoms with E-state index in [-0.39, 0.29) is 10.6 Å². The van der Waals surface area contributed by atoms with E-state index in [1.807, 2.05) is 18.4 Å². The van der Waals surface area contributed by atoms with E-state index >= 15 is 0 Å². The summed E-state index contributed by atoms with van der Waals surface area (Å²) in [5.41, 5.74) is 0.548. The van der Waals surface area contributed by atoms with Crippen LogP contribution in [0.2, 0.25) is 0 Å². The quantitative estimate of drug-likeness (QED) is 0.613. The molecule has 9 nitrogen and oxygen atoms in total. The van der Waals surface area contributed by atoms with Crippen molar-refractivity contribution >= 4 is 11.5 Å². The van der Waals surface area contributed by atoms with Crippen molar-refractivity contribution in [2.75, 3.05) is 5.32 Å². The van der Waals surface area contributed by atoms with Gasteiger partial charge in [-0.1, -0.05) is 13.3 Å². The Balaban J connectivity index is 2.25. The maximum atomic E-state index is 11.3. The predicted octanol–water partition coefficient (Wildman–Crippen LogP) is 1.50. The molecule has 0 aliphatic heterocycles. The summed E-state index contributed by atoms with van der Waals surface area (Å²) in [6.45, 7) is 5.06. The number of rotatable bonds is 7. The van der Waals surface area contributed by atoms with Gasteiger partial charge in [-0.3, -0.25) is 10.1 Å². The zero-order valence-corrected chi connectivity index (χ0v) is 12.4. The van der Waals surface area contributed by atoms with Crippen LogP contribution in [0.4, 0.5) is 11.5 Å². The van der Waals surface area contributed by atoms with Gasteiger partial charge in [-0.2, -0.15) is 5.10 Å². The number of hydrogen-bond donors (Lipinski definition) is 1. The minimum absolute atomic E-state index is 0.0434. The highest BCUT2D eigenvalue weighted by molar-refractivity contribution is 5.59. The third-order valence-corrected chi connectivity index (χ3v) is 3.21. The second kappa shape index (κ2) is 6.33. The van der Waals surface area contributed by atoms with Crippen molar-refractivity contribution < 1.29 is 4.92 Å². The number of hydrogen-bond acceptors (Lipinski definition) is 6. The van der Waals surface area contributed by atoms with Gasteiger partial charge in [0.1, 0.15) is 12.0 Å². The maximum Gasteiger partial charge on any atom is 0.334 e. The molecule has 9 heteroatoms. The Hall–Kier alpha value is -2.45. The van der Waals surface area contributed by atoms with Gasteiger partial charge in [-0.15, -0.1) is 10.2 Å². The lowest BCUT2D eigenvalue weighted by atomic mass is 10.2. The summed E-state index contributed by atoms with van der Waals surface area (Å²) in [6.07, 6.45) is 3.02. The van der Waals surface area contributed by atoms with Gasteiger partial charge in [0.2, 0.25) is 5.82 Å². The van der Waals surface area contributed by atoms with Gasteiger partial charge >= 0.3 is 5.69 Å². The average Bonchev–Trinajstić information content (AvgIpc) is 3.00. The van der Waals surface area contributed by atoms with E-state index in [0.717, 1.165) is 18.8 Å². The fourth-order valence-electron chi connectivity index (χ4n) is 2.21. The zero-order valence-electron chi connectivity index (χ0n) is 12.4. The van der Waals surface area contributed by atoms with Crippen molar-refractivity contribution in [3.05, 3.63) is 28.0 Å². The van der Waals surface area contributed by atoms with E-state index in [0.29, 0.717) is 24.5 Å². The molecule has 0 aliphatic carbocycles. The third-order valence-electron chi connectivity index (χ3n) is 3.21. The van der Waals surface area contributed by atoms with Gasteiger partial charge in [0, 0.05) is 13.6 Å². The lowest BCUT2D eigenvalue weighted by Crippen LogP contribution is -2.11. The molecule has 0 radical (unpaired) electrons. The summed E-state index contributed by atoms with van der Waals surface area (Å²) in [7, 11) is 1.69. The molecular weight excluding hydrogens is 274 g/mol. The zero-order chi connectivity index (χ0) is 15.4. The van der Waals surface area contributed by atoms with Crippen LogP contribution >= 0.6 is 0 Å². The minimum atomic E-state index is -0.384. The van der Waals surface area contributed by atoms with Gasteiger partial charge in [-0.05, 0) is 13.3 Å². The standard InChI is InChI=1S/C12H19N7O2/c1-4-6-9-11(19(20)21)12(17(3)16-9)13-7-10-15-14-8-18(10)5-2/h8,13H,4-7H2,1-3H3. The van der Waals surface area contributed by atoms with Gasteiger partial charge in [0.25, 0.3) is 0 Å². The molecule has 2 heterocycles. The Morgan fingerprint density at radius 1 is 1.43 bits per heavy atom. The number of aromatic nitrogens is 5. The molecule has 0 aromatic carbocycles. The third kappa shape index (κ3) is 3.01. The molecular formula is C12H19N7O2. The summed E-state index contributed by atoms with van der Waals surface area (Å²) < 4.78 is 3.39. The second-order valence-electron chi connectivity index (χ2n) is 4.66. The van der Waals surface area contributed by atoms with E-state index in [9.17, 15) is 10.1 Å². The first-order chi connectivity index (χ1) is 10.1. The molecule has 0 saturated carbocycles. The van der Waals surface area contributed by atoms with Crippen molar-refractivity contribution in [3.63, 3.8) is 0 Å². The molecule has 0 amide bonds. The van der Waals surface area contributed by atoms with Crippen molar-refractivity contribution in [2.45, 2.75) is 39.8 Å². The number of nitro groups is 1. The van der Waals surface area contributed by atoms with Gasteiger partial charge in [0.05, 0.1) is 11.5 Å². The van der Waals surface area contributed by atoms with Crippen LogP contribution in [0.1, 0.15) is 31.8 Å². The van der Waals surface area contributed by atoms with Crippen molar-refractivity contribution in [1.29, 1.82) is 0 Å². The highest BCUT2D eigenvalue weighted by Crippen LogP contribution is 2.29. The van der Waals surface area contributed by atoms with E-state index in [4.69, 9.17) is 0 Å². The van der Waals surface area contributed by atoms with Crippen molar-refractivity contribution in [3.8, 4) is 0 Å². The van der Waals surface area contributed by atoms with E-state index in [1.54, 1.807) is 13.4 Å². The van der Waals surface area contributed by atoms with Crippen molar-refractivity contribution in [2.24, 2.45) is 7.05 Å². The second-order valence-corrected chi connectivity index (χ2v) is 4.66. The Morgan fingerprint density at radius 2 is 2.19 bits per heavy atom. The topological polar surface area (TPSA) is 104 Å². The molecule has 0 unspecified atom stereocenters. The largest absolute Gasteiger partial charge is 0.357 e. The van der Waals surface area contributed by atoms with E-state index < -0.39 is 0 Å². The summed E-state index contributed by atoms with van der Waals surface area (Å²) in [5, 5.41) is 26.4. The molecule has 21 heavy (non-hydrogen) atoms. The van der Waals surface area contributed by atoms with Crippen LogP contribution in [0.3, 0.4) is 0 Å². The molecule has 0 aliphatic rings. The minimum Gasteiger partial charge on any atom is -0.357 e. The molecule has 0 atom stereocenters. The Bertz CT molecular complexity index is 632. The fourth-order valence-corrected chi connectivity index (χ4v) is 2.21. The molecule has 114 valence electrons. The Labute approximate surface area is 122 Å². The van der Waals surface area contributed by atoms with Gasteiger partial charge < -0.3 is 9.88 Å².